The van der Waals surface area contributed by atoms with Crippen molar-refractivity contribution >= 4 is 37.3 Å². The quantitative estimate of drug-likeness (QED) is 0.588. The van der Waals surface area contributed by atoms with Crippen LogP contribution in [0.4, 0.5) is 24.5 Å². The van der Waals surface area contributed by atoms with E-state index < -0.39 is 37.3 Å². The van der Waals surface area contributed by atoms with Gasteiger partial charge in [-0.1, -0.05) is 28.1 Å². The largest absolute Gasteiger partial charge is 0.417 e. The van der Waals surface area contributed by atoms with Gasteiger partial charge in [0.2, 0.25) is 0 Å². The molecule has 0 atom stereocenters. The maximum atomic E-state index is 12.9. The Hall–Kier alpha value is -2.14. The number of sulfonamides is 1. The van der Waals surface area contributed by atoms with Crippen LogP contribution in [0.5, 0.6) is 0 Å². The number of nitrogens with zero attached hydrogens (tertiary/aromatic N) is 1. The smallest absolute Gasteiger partial charge is 0.279 e. The molecule has 0 aliphatic heterocycles. The maximum absolute atomic E-state index is 12.9. The van der Waals surface area contributed by atoms with Crippen LogP contribution in [0.1, 0.15) is 5.56 Å². The number of nitrogens with one attached hydrogen (secondary N) is 1. The minimum Gasteiger partial charge on any atom is -0.279 e. The Kier molecular flexibility index (Phi) is 4.85. The van der Waals surface area contributed by atoms with Gasteiger partial charge in [0.15, 0.2) is 4.90 Å². The zero-order valence-corrected chi connectivity index (χ0v) is 13.9. The Morgan fingerprint density at radius 3 is 2.33 bits per heavy atom. The molecule has 11 heteroatoms. The molecule has 0 heterocycles. The SMILES string of the molecule is O=[N+]([O-])c1ccccc1S(=O)(=O)Nc1ccc(Br)c(C(F)(F)F)c1. The van der Waals surface area contributed by atoms with Crippen molar-refractivity contribution in [1.29, 1.82) is 0 Å². The van der Waals surface area contributed by atoms with Crippen molar-refractivity contribution in [1.82, 2.24) is 0 Å². The van der Waals surface area contributed by atoms with Gasteiger partial charge in [0, 0.05) is 16.2 Å². The van der Waals surface area contributed by atoms with Crippen molar-refractivity contribution in [3.05, 3.63) is 62.6 Å². The fourth-order valence-corrected chi connectivity index (χ4v) is 3.55. The third-order valence-electron chi connectivity index (χ3n) is 2.88. The van der Waals surface area contributed by atoms with Crippen LogP contribution in [0.2, 0.25) is 0 Å². The van der Waals surface area contributed by atoms with Gasteiger partial charge in [-0.25, -0.2) is 8.42 Å². The molecule has 0 saturated heterocycles. The van der Waals surface area contributed by atoms with Gasteiger partial charge >= 0.3 is 6.18 Å². The van der Waals surface area contributed by atoms with Gasteiger partial charge in [-0.05, 0) is 24.3 Å². The summed E-state index contributed by atoms with van der Waals surface area (Å²) in [6.45, 7) is 0. The standard InChI is InChI=1S/C13H8BrF3N2O4S/c14-10-6-5-8(7-9(10)13(15,16)17)18-24(22,23)12-4-2-1-3-11(12)19(20)21/h1-7,18H. The van der Waals surface area contributed by atoms with Crippen molar-refractivity contribution < 1.29 is 26.5 Å². The van der Waals surface area contributed by atoms with E-state index in [9.17, 15) is 31.7 Å². The molecular weight excluding hydrogens is 417 g/mol. The van der Waals surface area contributed by atoms with Crippen LogP contribution in [0.3, 0.4) is 0 Å². The van der Waals surface area contributed by atoms with E-state index in [1.54, 1.807) is 0 Å². The summed E-state index contributed by atoms with van der Waals surface area (Å²) in [4.78, 5) is 9.37. The number of para-hydroxylation sites is 1. The molecule has 0 aromatic heterocycles. The second kappa shape index (κ2) is 6.40. The molecule has 0 radical (unpaired) electrons. The fourth-order valence-electron chi connectivity index (χ4n) is 1.85. The van der Waals surface area contributed by atoms with E-state index in [0.29, 0.717) is 6.07 Å². The van der Waals surface area contributed by atoms with Crippen LogP contribution in [0, 0.1) is 10.1 Å². The number of rotatable bonds is 4. The van der Waals surface area contributed by atoms with Crippen LogP contribution in [0.25, 0.3) is 0 Å². The number of halogens is 4. The van der Waals surface area contributed by atoms with Gasteiger partial charge < -0.3 is 0 Å². The summed E-state index contributed by atoms with van der Waals surface area (Å²) >= 11 is 2.73. The second-order valence-corrected chi connectivity index (χ2v) is 7.03. The normalized spacial score (nSPS) is 12.0. The zero-order valence-electron chi connectivity index (χ0n) is 11.5. The summed E-state index contributed by atoms with van der Waals surface area (Å²) in [5.41, 5.74) is -2.13. The molecule has 128 valence electrons. The highest BCUT2D eigenvalue weighted by Gasteiger charge is 2.34. The van der Waals surface area contributed by atoms with Crippen LogP contribution in [-0.4, -0.2) is 13.3 Å². The average molecular weight is 425 g/mol. The fraction of sp³-hybridized carbons (Fsp3) is 0.0769. The van der Waals surface area contributed by atoms with Gasteiger partial charge in [0.1, 0.15) is 0 Å². The Morgan fingerprint density at radius 2 is 1.75 bits per heavy atom. The first-order valence-electron chi connectivity index (χ1n) is 6.15. The summed E-state index contributed by atoms with van der Waals surface area (Å²) in [5, 5.41) is 10.9. The summed E-state index contributed by atoms with van der Waals surface area (Å²) in [5.74, 6) is 0. The van der Waals surface area contributed by atoms with E-state index in [0.717, 1.165) is 24.3 Å². The number of hydrogen-bond acceptors (Lipinski definition) is 4. The van der Waals surface area contributed by atoms with Crippen molar-refractivity contribution in [2.45, 2.75) is 11.1 Å². The number of alkyl halides is 3. The molecule has 6 nitrogen and oxygen atoms in total. The Bertz CT molecular complexity index is 900. The molecule has 24 heavy (non-hydrogen) atoms. The van der Waals surface area contributed by atoms with Crippen LogP contribution >= 0.6 is 15.9 Å². The number of anilines is 1. The summed E-state index contributed by atoms with van der Waals surface area (Å²) < 4.78 is 64.8. The molecule has 0 spiro atoms. The van der Waals surface area contributed by atoms with Crippen molar-refractivity contribution in [3.8, 4) is 0 Å². The van der Waals surface area contributed by atoms with E-state index in [2.05, 4.69) is 15.9 Å². The van der Waals surface area contributed by atoms with Crippen molar-refractivity contribution in [3.63, 3.8) is 0 Å². The number of hydrogen-bond donors (Lipinski definition) is 1. The van der Waals surface area contributed by atoms with E-state index in [4.69, 9.17) is 0 Å². The van der Waals surface area contributed by atoms with E-state index >= 15 is 0 Å². The van der Waals surface area contributed by atoms with Crippen LogP contribution in [0.15, 0.2) is 51.8 Å². The topological polar surface area (TPSA) is 89.3 Å². The number of nitro groups is 1. The molecule has 2 aromatic rings. The second-order valence-electron chi connectivity index (χ2n) is 4.52. The first-order chi connectivity index (χ1) is 11.0. The third-order valence-corrected chi connectivity index (χ3v) is 5.00. The summed E-state index contributed by atoms with van der Waals surface area (Å²) in [6.07, 6.45) is -4.70. The Morgan fingerprint density at radius 1 is 1.12 bits per heavy atom. The lowest BCUT2D eigenvalue weighted by Crippen LogP contribution is -2.15. The monoisotopic (exact) mass is 424 g/mol. The summed E-state index contributed by atoms with van der Waals surface area (Å²) in [7, 11) is -4.44. The molecule has 0 aliphatic rings. The van der Waals surface area contributed by atoms with Crippen LogP contribution < -0.4 is 4.72 Å². The summed E-state index contributed by atoms with van der Waals surface area (Å²) in [6, 6.07) is 7.24. The van der Waals surface area contributed by atoms with Gasteiger partial charge in [-0.3, -0.25) is 14.8 Å². The van der Waals surface area contributed by atoms with Gasteiger partial charge in [0.25, 0.3) is 15.7 Å². The Labute approximate surface area is 142 Å². The molecule has 0 bridgehead atoms. The van der Waals surface area contributed by atoms with Gasteiger partial charge in [0.05, 0.1) is 10.5 Å². The first kappa shape index (κ1) is 18.2. The third kappa shape index (κ3) is 3.85. The molecule has 0 amide bonds. The van der Waals surface area contributed by atoms with E-state index in [-0.39, 0.29) is 10.2 Å². The van der Waals surface area contributed by atoms with Crippen LogP contribution in [-0.2, 0) is 16.2 Å². The lowest BCUT2D eigenvalue weighted by molar-refractivity contribution is -0.387. The highest BCUT2D eigenvalue weighted by molar-refractivity contribution is 9.10. The first-order valence-corrected chi connectivity index (χ1v) is 8.43. The molecule has 0 unspecified atom stereocenters. The highest BCUT2D eigenvalue weighted by Crippen LogP contribution is 2.37. The van der Waals surface area contributed by atoms with Gasteiger partial charge in [-0.2, -0.15) is 13.2 Å². The Balaban J connectivity index is 2.46. The number of benzene rings is 2. The molecule has 0 aliphatic carbocycles. The highest BCUT2D eigenvalue weighted by atomic mass is 79.9. The van der Waals surface area contributed by atoms with E-state index in [1.165, 1.54) is 12.1 Å². The number of nitro benzene ring substituents is 1. The lowest BCUT2D eigenvalue weighted by atomic mass is 10.2. The minimum absolute atomic E-state index is 0.261. The maximum Gasteiger partial charge on any atom is 0.417 e. The average Bonchev–Trinajstić information content (AvgIpc) is 2.48. The minimum atomic E-state index is -4.70. The molecule has 1 N–H and O–H groups in total. The van der Waals surface area contributed by atoms with Gasteiger partial charge in [-0.15, -0.1) is 0 Å². The lowest BCUT2D eigenvalue weighted by Gasteiger charge is -2.13. The van der Waals surface area contributed by atoms with Crippen molar-refractivity contribution in [2.75, 3.05) is 4.72 Å². The van der Waals surface area contributed by atoms with E-state index in [1.807, 2.05) is 4.72 Å². The predicted octanol–water partition coefficient (Wildman–Crippen LogP) is 4.18. The predicted molar refractivity (Wildman–Crippen MR) is 83.0 cm³/mol. The molecule has 0 fully saturated rings. The van der Waals surface area contributed by atoms with Crippen molar-refractivity contribution in [2.24, 2.45) is 0 Å². The molecule has 2 aromatic carbocycles. The zero-order chi connectivity index (χ0) is 18.1. The molecular formula is C13H8BrF3N2O4S. The molecule has 0 saturated carbocycles. The molecule has 2 rings (SSSR count).